The van der Waals surface area contributed by atoms with Crippen LogP contribution in [0.5, 0.6) is 5.75 Å². The van der Waals surface area contributed by atoms with Crippen LogP contribution in [0.1, 0.15) is 26.7 Å². The first-order valence-corrected chi connectivity index (χ1v) is 7.07. The van der Waals surface area contributed by atoms with E-state index in [1.165, 1.54) is 0 Å². The number of rotatable bonds is 6. The Morgan fingerprint density at radius 3 is 3.05 bits per heavy atom. The summed E-state index contributed by atoms with van der Waals surface area (Å²) < 4.78 is 11.1. The molecule has 0 spiro atoms. The summed E-state index contributed by atoms with van der Waals surface area (Å²) in [5.41, 5.74) is 7.66. The Morgan fingerprint density at radius 1 is 1.53 bits per heavy atom. The van der Waals surface area contributed by atoms with Gasteiger partial charge in [-0.2, -0.15) is 0 Å². The van der Waals surface area contributed by atoms with E-state index >= 15 is 0 Å². The van der Waals surface area contributed by atoms with Crippen LogP contribution in [0.15, 0.2) is 18.2 Å². The zero-order valence-corrected chi connectivity index (χ0v) is 11.8. The van der Waals surface area contributed by atoms with Gasteiger partial charge in [-0.3, -0.25) is 0 Å². The lowest BCUT2D eigenvalue weighted by atomic mass is 10.0. The van der Waals surface area contributed by atoms with Gasteiger partial charge in [0.15, 0.2) is 0 Å². The summed E-state index contributed by atoms with van der Waals surface area (Å²) >= 11 is 0. The highest BCUT2D eigenvalue weighted by atomic mass is 16.5. The molecule has 0 bridgehead atoms. The number of anilines is 2. The third-order valence-corrected chi connectivity index (χ3v) is 3.54. The third-order valence-electron chi connectivity index (χ3n) is 3.54. The van der Waals surface area contributed by atoms with Crippen LogP contribution >= 0.6 is 0 Å². The molecule has 2 rings (SSSR count). The van der Waals surface area contributed by atoms with Crippen molar-refractivity contribution in [2.75, 3.05) is 30.9 Å². The van der Waals surface area contributed by atoms with Crippen LogP contribution in [0.2, 0.25) is 0 Å². The van der Waals surface area contributed by atoms with Crippen molar-refractivity contribution in [1.82, 2.24) is 0 Å². The summed E-state index contributed by atoms with van der Waals surface area (Å²) in [7, 11) is 0. The Kier molecular flexibility index (Phi) is 4.91. The van der Waals surface area contributed by atoms with Gasteiger partial charge in [0.2, 0.25) is 0 Å². The molecule has 19 heavy (non-hydrogen) atoms. The molecule has 1 aromatic rings. The zero-order chi connectivity index (χ0) is 13.7. The largest absolute Gasteiger partial charge is 0.491 e. The average molecular weight is 264 g/mol. The monoisotopic (exact) mass is 264 g/mol. The molecule has 1 aliphatic heterocycles. The summed E-state index contributed by atoms with van der Waals surface area (Å²) in [5, 5.41) is 3.51. The predicted octanol–water partition coefficient (Wildman–Crippen LogP) is 2.89. The molecule has 1 fully saturated rings. The van der Waals surface area contributed by atoms with Crippen molar-refractivity contribution in [3.63, 3.8) is 0 Å². The Labute approximate surface area is 115 Å². The smallest absolute Gasteiger partial charge is 0.144 e. The molecule has 3 N–H and O–H groups in total. The Morgan fingerprint density at radius 2 is 2.37 bits per heavy atom. The van der Waals surface area contributed by atoms with Gasteiger partial charge in [0.25, 0.3) is 0 Å². The molecule has 1 saturated heterocycles. The van der Waals surface area contributed by atoms with E-state index in [1.54, 1.807) is 0 Å². The predicted molar refractivity (Wildman–Crippen MR) is 78.7 cm³/mol. The van der Waals surface area contributed by atoms with Crippen molar-refractivity contribution in [3.05, 3.63) is 18.2 Å². The fourth-order valence-corrected chi connectivity index (χ4v) is 2.29. The highest BCUT2D eigenvalue weighted by molar-refractivity contribution is 5.61. The lowest BCUT2D eigenvalue weighted by Gasteiger charge is -2.21. The average Bonchev–Trinajstić information content (AvgIpc) is 2.93. The zero-order valence-electron chi connectivity index (χ0n) is 11.8. The van der Waals surface area contributed by atoms with E-state index < -0.39 is 0 Å². The van der Waals surface area contributed by atoms with Gasteiger partial charge in [-0.1, -0.05) is 6.92 Å². The number of hydrogen-bond acceptors (Lipinski definition) is 4. The number of nitrogens with one attached hydrogen (secondary N) is 1. The van der Waals surface area contributed by atoms with Crippen molar-refractivity contribution < 1.29 is 9.47 Å². The van der Waals surface area contributed by atoms with Crippen LogP contribution in [-0.4, -0.2) is 25.9 Å². The van der Waals surface area contributed by atoms with E-state index in [0.717, 1.165) is 37.5 Å². The van der Waals surface area contributed by atoms with Gasteiger partial charge in [0, 0.05) is 30.3 Å². The van der Waals surface area contributed by atoms with Gasteiger partial charge in [-0.05, 0) is 31.9 Å². The normalized spacial score (nSPS) is 20.2. The topological polar surface area (TPSA) is 56.5 Å². The molecule has 0 saturated carbocycles. The lowest BCUT2D eigenvalue weighted by molar-refractivity contribution is 0.183. The van der Waals surface area contributed by atoms with E-state index in [1.807, 2.05) is 18.2 Å². The van der Waals surface area contributed by atoms with Gasteiger partial charge in [-0.15, -0.1) is 0 Å². The molecule has 0 amide bonds. The van der Waals surface area contributed by atoms with Crippen LogP contribution in [0, 0.1) is 5.92 Å². The standard InChI is InChI=1S/C15H24N2O2/c1-3-7-19-15-9-13(4-5-14(15)16)17-11(2)12-6-8-18-10-12/h4-5,9,11-12,17H,3,6-8,10,16H2,1-2H3. The second kappa shape index (κ2) is 6.66. The highest BCUT2D eigenvalue weighted by Gasteiger charge is 2.22. The number of nitrogens with two attached hydrogens (primary N) is 1. The second-order valence-electron chi connectivity index (χ2n) is 5.16. The van der Waals surface area contributed by atoms with Crippen LogP contribution < -0.4 is 15.8 Å². The van der Waals surface area contributed by atoms with E-state index in [2.05, 4.69) is 19.2 Å². The molecule has 106 valence electrons. The van der Waals surface area contributed by atoms with Crippen LogP contribution in [0.3, 0.4) is 0 Å². The van der Waals surface area contributed by atoms with Crippen LogP contribution in [-0.2, 0) is 4.74 Å². The lowest BCUT2D eigenvalue weighted by Crippen LogP contribution is -2.26. The number of hydrogen-bond donors (Lipinski definition) is 2. The van der Waals surface area contributed by atoms with Gasteiger partial charge in [-0.25, -0.2) is 0 Å². The Bertz CT molecular complexity index is 403. The molecule has 2 atom stereocenters. The quantitative estimate of drug-likeness (QED) is 0.776. The summed E-state index contributed by atoms with van der Waals surface area (Å²) in [5.74, 6) is 1.35. The first-order chi connectivity index (χ1) is 9.20. The molecule has 1 aromatic carbocycles. The van der Waals surface area contributed by atoms with Crippen molar-refractivity contribution in [2.45, 2.75) is 32.7 Å². The van der Waals surface area contributed by atoms with E-state index in [4.69, 9.17) is 15.2 Å². The molecule has 4 nitrogen and oxygen atoms in total. The van der Waals surface area contributed by atoms with Crippen molar-refractivity contribution in [2.24, 2.45) is 5.92 Å². The summed E-state index contributed by atoms with van der Waals surface area (Å²) in [6, 6.07) is 6.27. The van der Waals surface area contributed by atoms with Gasteiger partial charge < -0.3 is 20.5 Å². The van der Waals surface area contributed by atoms with Gasteiger partial charge in [0.05, 0.1) is 18.9 Å². The fraction of sp³-hybridized carbons (Fsp3) is 0.600. The summed E-state index contributed by atoms with van der Waals surface area (Å²) in [6.07, 6.45) is 2.11. The van der Waals surface area contributed by atoms with Crippen molar-refractivity contribution in [3.8, 4) is 5.75 Å². The fourth-order valence-electron chi connectivity index (χ4n) is 2.29. The SMILES string of the molecule is CCCOc1cc(NC(C)C2CCOC2)ccc1N. The number of ether oxygens (including phenoxy) is 2. The third kappa shape index (κ3) is 3.77. The first kappa shape index (κ1) is 14.0. The number of nitrogen functional groups attached to an aromatic ring is 1. The molecule has 2 unspecified atom stereocenters. The maximum Gasteiger partial charge on any atom is 0.144 e. The van der Waals surface area contributed by atoms with Crippen LogP contribution in [0.4, 0.5) is 11.4 Å². The van der Waals surface area contributed by atoms with E-state index in [0.29, 0.717) is 24.3 Å². The van der Waals surface area contributed by atoms with Crippen molar-refractivity contribution >= 4 is 11.4 Å². The van der Waals surface area contributed by atoms with Gasteiger partial charge in [0.1, 0.15) is 5.75 Å². The first-order valence-electron chi connectivity index (χ1n) is 7.07. The molecular weight excluding hydrogens is 240 g/mol. The molecule has 1 aliphatic rings. The molecule has 0 radical (unpaired) electrons. The maximum atomic E-state index is 5.91. The molecule has 0 aliphatic carbocycles. The number of benzene rings is 1. The Balaban J connectivity index is 1.99. The van der Waals surface area contributed by atoms with Crippen LogP contribution in [0.25, 0.3) is 0 Å². The molecule has 4 heteroatoms. The summed E-state index contributed by atoms with van der Waals surface area (Å²) in [6.45, 7) is 6.70. The van der Waals surface area contributed by atoms with E-state index in [-0.39, 0.29) is 0 Å². The van der Waals surface area contributed by atoms with E-state index in [9.17, 15) is 0 Å². The minimum Gasteiger partial charge on any atom is -0.491 e. The van der Waals surface area contributed by atoms with Gasteiger partial charge >= 0.3 is 0 Å². The second-order valence-corrected chi connectivity index (χ2v) is 5.16. The van der Waals surface area contributed by atoms with Crippen molar-refractivity contribution in [1.29, 1.82) is 0 Å². The summed E-state index contributed by atoms with van der Waals surface area (Å²) in [4.78, 5) is 0. The molecule has 0 aromatic heterocycles. The highest BCUT2D eigenvalue weighted by Crippen LogP contribution is 2.27. The minimum atomic E-state index is 0.394. The molecule has 1 heterocycles. The minimum absolute atomic E-state index is 0.394. The maximum absolute atomic E-state index is 5.91. The molecular formula is C15H24N2O2. The Hall–Kier alpha value is -1.42.